The Labute approximate surface area is 397 Å². The molecule has 0 spiro atoms. The SMILES string of the molecule is CCCCC/C=C\C/C=C\C/C=C\CCCCCCCCC(=O)OC(COCCCCCCCCCCCCCCCCCCCCCCCCC)COP(=O)([O-])OCC[N+](C)(C)C. The minimum atomic E-state index is -4.53. The zero-order valence-corrected chi connectivity index (χ0v) is 43.9. The van der Waals surface area contributed by atoms with Crippen molar-refractivity contribution in [3.05, 3.63) is 36.5 Å². The summed E-state index contributed by atoms with van der Waals surface area (Å²) in [5.74, 6) is -0.342. The molecule has 0 radical (unpaired) electrons. The Balaban J connectivity index is 4.10. The first-order valence-electron chi connectivity index (χ1n) is 27.2. The molecular weight excluding hydrogens is 818 g/mol. The van der Waals surface area contributed by atoms with Crippen molar-refractivity contribution in [2.75, 3.05) is 54.1 Å². The van der Waals surface area contributed by atoms with Crippen LogP contribution in [-0.2, 0) is 27.9 Å². The van der Waals surface area contributed by atoms with Gasteiger partial charge >= 0.3 is 5.97 Å². The van der Waals surface area contributed by atoms with Gasteiger partial charge in [0.2, 0.25) is 0 Å². The first-order valence-corrected chi connectivity index (χ1v) is 28.7. The smallest absolute Gasteiger partial charge is 0.306 e. The van der Waals surface area contributed by atoms with Crippen molar-refractivity contribution in [2.24, 2.45) is 0 Å². The number of carbonyl (C=O) groups excluding carboxylic acids is 1. The summed E-state index contributed by atoms with van der Waals surface area (Å²) in [6.45, 7) is 5.42. The van der Waals surface area contributed by atoms with E-state index >= 15 is 0 Å². The molecule has 0 aliphatic carbocycles. The van der Waals surface area contributed by atoms with Crippen LogP contribution in [0.2, 0.25) is 0 Å². The van der Waals surface area contributed by atoms with E-state index in [-0.39, 0.29) is 25.8 Å². The number of unbranched alkanes of at least 4 members (excludes halogenated alkanes) is 31. The molecule has 2 unspecified atom stereocenters. The van der Waals surface area contributed by atoms with E-state index in [0.717, 1.165) is 57.8 Å². The number of ether oxygens (including phenoxy) is 2. The van der Waals surface area contributed by atoms with Crippen molar-refractivity contribution in [3.63, 3.8) is 0 Å². The lowest BCUT2D eigenvalue weighted by Crippen LogP contribution is -2.37. The minimum Gasteiger partial charge on any atom is -0.756 e. The lowest BCUT2D eigenvalue weighted by molar-refractivity contribution is -0.870. The van der Waals surface area contributed by atoms with Gasteiger partial charge in [0.05, 0.1) is 34.4 Å². The van der Waals surface area contributed by atoms with Gasteiger partial charge in [-0.25, -0.2) is 0 Å². The van der Waals surface area contributed by atoms with Gasteiger partial charge in [0.25, 0.3) is 7.82 Å². The van der Waals surface area contributed by atoms with E-state index in [9.17, 15) is 14.3 Å². The van der Waals surface area contributed by atoms with Crippen molar-refractivity contribution >= 4 is 13.8 Å². The molecule has 0 aliphatic heterocycles. The van der Waals surface area contributed by atoms with Gasteiger partial charge in [-0.05, 0) is 51.4 Å². The van der Waals surface area contributed by atoms with Crippen LogP contribution in [-0.4, -0.2) is 70.7 Å². The molecule has 0 N–H and O–H groups in total. The number of allylic oxidation sites excluding steroid dienone is 6. The Bertz CT molecular complexity index is 1120. The average molecular weight is 924 g/mol. The predicted molar refractivity (Wildman–Crippen MR) is 273 cm³/mol. The third-order valence-corrected chi connectivity index (χ3v) is 12.9. The molecule has 0 aromatic rings. The number of carbonyl (C=O) groups is 1. The van der Waals surface area contributed by atoms with E-state index in [0.29, 0.717) is 24.1 Å². The third-order valence-electron chi connectivity index (χ3n) is 11.9. The van der Waals surface area contributed by atoms with Crippen LogP contribution in [0.15, 0.2) is 36.5 Å². The highest BCUT2D eigenvalue weighted by Crippen LogP contribution is 2.38. The fourth-order valence-corrected chi connectivity index (χ4v) is 8.46. The second-order valence-electron chi connectivity index (χ2n) is 19.6. The van der Waals surface area contributed by atoms with Crippen molar-refractivity contribution in [1.29, 1.82) is 0 Å². The number of phosphoric ester groups is 1. The standard InChI is InChI=1S/C55H106NO7P/c1-6-8-10-12-14-16-18-20-22-24-26-27-28-29-31-33-35-37-39-41-43-45-47-50-60-52-54(53-62-64(58,59)61-51-49-56(3,4)5)63-55(57)48-46-44-42-40-38-36-34-32-30-25-23-21-19-17-15-13-11-9-7-2/h15,17,21,23,30,32,54H,6-14,16,18-20,22,24-29,31,33-53H2,1-5H3/b17-15-,23-21-,32-30-. The fraction of sp³-hybridized carbons (Fsp3) is 0.873. The van der Waals surface area contributed by atoms with E-state index < -0.39 is 13.9 Å². The predicted octanol–water partition coefficient (Wildman–Crippen LogP) is 16.3. The van der Waals surface area contributed by atoms with Crippen LogP contribution < -0.4 is 4.89 Å². The van der Waals surface area contributed by atoms with Crippen LogP contribution in [0.5, 0.6) is 0 Å². The van der Waals surface area contributed by atoms with E-state index in [1.165, 1.54) is 173 Å². The van der Waals surface area contributed by atoms with Crippen molar-refractivity contribution in [2.45, 2.75) is 258 Å². The molecule has 8 nitrogen and oxygen atoms in total. The molecule has 0 fully saturated rings. The van der Waals surface area contributed by atoms with Gasteiger partial charge in [-0.15, -0.1) is 0 Å². The zero-order chi connectivity index (χ0) is 46.9. The van der Waals surface area contributed by atoms with E-state index in [1.54, 1.807) is 0 Å². The summed E-state index contributed by atoms with van der Waals surface area (Å²) in [5.41, 5.74) is 0. The Kier molecular flexibility index (Phi) is 47.2. The maximum Gasteiger partial charge on any atom is 0.306 e. The lowest BCUT2D eigenvalue weighted by atomic mass is 10.0. The largest absolute Gasteiger partial charge is 0.756 e. The second kappa shape index (κ2) is 48.2. The van der Waals surface area contributed by atoms with Crippen LogP contribution in [0.4, 0.5) is 0 Å². The Morgan fingerprint density at radius 1 is 0.484 bits per heavy atom. The van der Waals surface area contributed by atoms with Gasteiger partial charge in [-0.3, -0.25) is 9.36 Å². The Morgan fingerprint density at radius 3 is 1.31 bits per heavy atom. The molecule has 0 aromatic heterocycles. The molecule has 0 aromatic carbocycles. The normalized spacial score (nSPS) is 13.8. The van der Waals surface area contributed by atoms with Gasteiger partial charge in [-0.2, -0.15) is 0 Å². The maximum absolute atomic E-state index is 12.8. The summed E-state index contributed by atoms with van der Waals surface area (Å²) < 4.78 is 34.8. The summed E-state index contributed by atoms with van der Waals surface area (Å²) in [6, 6.07) is 0. The third kappa shape index (κ3) is 51.7. The Hall–Kier alpha value is -1.28. The first-order chi connectivity index (χ1) is 31.1. The Morgan fingerprint density at radius 2 is 0.859 bits per heavy atom. The number of phosphoric acid groups is 1. The van der Waals surface area contributed by atoms with E-state index in [1.807, 2.05) is 21.1 Å². The number of rotatable bonds is 51. The number of esters is 1. The molecule has 0 aliphatic rings. The molecule has 0 amide bonds. The van der Waals surface area contributed by atoms with Gasteiger partial charge < -0.3 is 27.9 Å². The number of hydrogen-bond acceptors (Lipinski definition) is 7. The second-order valence-corrected chi connectivity index (χ2v) is 21.0. The van der Waals surface area contributed by atoms with Crippen LogP contribution in [0.25, 0.3) is 0 Å². The highest BCUT2D eigenvalue weighted by Gasteiger charge is 2.20. The minimum absolute atomic E-state index is 0.0244. The molecule has 2 atom stereocenters. The van der Waals surface area contributed by atoms with Crippen LogP contribution in [0.3, 0.4) is 0 Å². The maximum atomic E-state index is 12.8. The van der Waals surface area contributed by atoms with Crippen LogP contribution in [0.1, 0.15) is 251 Å². The summed E-state index contributed by atoms with van der Waals surface area (Å²) in [5, 5.41) is 0. The van der Waals surface area contributed by atoms with Crippen molar-refractivity contribution in [3.8, 4) is 0 Å². The summed E-state index contributed by atoms with van der Waals surface area (Å²) in [7, 11) is 1.36. The highest BCUT2D eigenvalue weighted by molar-refractivity contribution is 7.45. The fourth-order valence-electron chi connectivity index (χ4n) is 7.73. The quantitative estimate of drug-likeness (QED) is 0.0197. The lowest BCUT2D eigenvalue weighted by Gasteiger charge is -2.28. The molecule has 0 bridgehead atoms. The number of quaternary nitrogens is 1. The topological polar surface area (TPSA) is 94.1 Å². The molecule has 0 heterocycles. The average Bonchev–Trinajstić information content (AvgIpc) is 3.25. The van der Waals surface area contributed by atoms with Gasteiger partial charge in [0.1, 0.15) is 19.3 Å². The molecule has 0 saturated carbocycles. The highest BCUT2D eigenvalue weighted by atomic mass is 31.2. The molecular formula is C55H106NO7P. The molecule has 9 heteroatoms. The molecule has 0 rings (SSSR count). The van der Waals surface area contributed by atoms with Crippen molar-refractivity contribution < 1.29 is 37.3 Å². The van der Waals surface area contributed by atoms with E-state index in [4.69, 9.17) is 18.5 Å². The summed E-state index contributed by atoms with van der Waals surface area (Å²) in [4.78, 5) is 25.2. The van der Waals surface area contributed by atoms with Crippen LogP contribution >= 0.6 is 7.82 Å². The first kappa shape index (κ1) is 62.7. The van der Waals surface area contributed by atoms with Gasteiger partial charge in [0, 0.05) is 13.0 Å². The number of nitrogens with zero attached hydrogens (tertiary/aromatic N) is 1. The number of likely N-dealkylation sites (N-methyl/N-ethyl adjacent to an activating group) is 1. The summed E-state index contributed by atoms with van der Waals surface area (Å²) in [6.07, 6.45) is 58.9. The number of hydrogen-bond donors (Lipinski definition) is 0. The molecule has 378 valence electrons. The monoisotopic (exact) mass is 924 g/mol. The van der Waals surface area contributed by atoms with Crippen molar-refractivity contribution in [1.82, 2.24) is 0 Å². The van der Waals surface area contributed by atoms with E-state index in [2.05, 4.69) is 50.3 Å². The van der Waals surface area contributed by atoms with Gasteiger partial charge in [-0.1, -0.05) is 230 Å². The summed E-state index contributed by atoms with van der Waals surface area (Å²) >= 11 is 0. The molecule has 64 heavy (non-hydrogen) atoms. The van der Waals surface area contributed by atoms with Gasteiger partial charge in [0.15, 0.2) is 0 Å². The zero-order valence-electron chi connectivity index (χ0n) is 43.0. The molecule has 0 saturated heterocycles. The van der Waals surface area contributed by atoms with Crippen LogP contribution in [0, 0.1) is 0 Å².